The van der Waals surface area contributed by atoms with Gasteiger partial charge in [0.2, 0.25) is 0 Å². The number of carbonyl (C=O) groups is 3. The molecule has 0 aliphatic carbocycles. The van der Waals surface area contributed by atoms with E-state index in [-0.39, 0.29) is 19.1 Å². The molecule has 3 N–H and O–H groups in total. The Bertz CT molecular complexity index is 405. The first kappa shape index (κ1) is 21.0. The van der Waals surface area contributed by atoms with E-state index >= 15 is 0 Å². The Morgan fingerprint density at radius 2 is 1.78 bits per heavy atom. The van der Waals surface area contributed by atoms with Crippen molar-refractivity contribution in [2.75, 3.05) is 6.54 Å². The van der Waals surface area contributed by atoms with Gasteiger partial charge in [0.1, 0.15) is 17.7 Å². The summed E-state index contributed by atoms with van der Waals surface area (Å²) in [5.74, 6) is -1.15. The summed E-state index contributed by atoms with van der Waals surface area (Å²) in [6.07, 6.45) is -0.231. The van der Waals surface area contributed by atoms with E-state index in [0.29, 0.717) is 12.8 Å². The molecule has 2 atom stereocenters. The van der Waals surface area contributed by atoms with Crippen LogP contribution in [0.1, 0.15) is 53.9 Å². The third kappa shape index (κ3) is 11.3. The van der Waals surface area contributed by atoms with E-state index < -0.39 is 29.8 Å². The Morgan fingerprint density at radius 3 is 2.26 bits per heavy atom. The molecule has 0 rings (SSSR count). The predicted octanol–water partition coefficient (Wildman–Crippen LogP) is 2.27. The SMILES string of the molecule is CCC(C)OC(=O)NCCC[C@H](NC(=O)OC(C)(C)C)C(=O)O. The van der Waals surface area contributed by atoms with Crippen LogP contribution in [-0.2, 0) is 14.3 Å². The summed E-state index contributed by atoms with van der Waals surface area (Å²) < 4.78 is 10.0. The maximum atomic E-state index is 11.6. The number of aliphatic carboxylic acids is 1. The lowest BCUT2D eigenvalue weighted by atomic mass is 10.1. The van der Waals surface area contributed by atoms with Crippen LogP contribution in [0.15, 0.2) is 0 Å². The predicted molar refractivity (Wildman–Crippen MR) is 84.3 cm³/mol. The zero-order valence-corrected chi connectivity index (χ0v) is 14.5. The number of carbonyl (C=O) groups excluding carboxylic acids is 2. The number of hydrogen-bond acceptors (Lipinski definition) is 5. The van der Waals surface area contributed by atoms with Crippen LogP contribution < -0.4 is 10.6 Å². The van der Waals surface area contributed by atoms with Gasteiger partial charge in [-0.1, -0.05) is 6.92 Å². The molecule has 8 heteroatoms. The first-order valence-corrected chi connectivity index (χ1v) is 7.72. The van der Waals surface area contributed by atoms with Gasteiger partial charge in [-0.25, -0.2) is 14.4 Å². The minimum Gasteiger partial charge on any atom is -0.480 e. The highest BCUT2D eigenvalue weighted by Gasteiger charge is 2.23. The topological polar surface area (TPSA) is 114 Å². The van der Waals surface area contributed by atoms with Gasteiger partial charge >= 0.3 is 18.2 Å². The largest absolute Gasteiger partial charge is 0.480 e. The second-order valence-electron chi connectivity index (χ2n) is 6.23. The van der Waals surface area contributed by atoms with Gasteiger partial charge in [-0.05, 0) is 47.0 Å². The number of carboxylic acid groups (broad SMARTS) is 1. The van der Waals surface area contributed by atoms with E-state index in [0.717, 1.165) is 0 Å². The van der Waals surface area contributed by atoms with Gasteiger partial charge in [-0.2, -0.15) is 0 Å². The van der Waals surface area contributed by atoms with Crippen molar-refractivity contribution >= 4 is 18.2 Å². The van der Waals surface area contributed by atoms with E-state index in [1.54, 1.807) is 27.7 Å². The number of nitrogens with one attached hydrogen (secondary N) is 2. The standard InChI is InChI=1S/C15H28N2O6/c1-6-10(2)22-13(20)16-9-7-8-11(12(18)19)17-14(21)23-15(3,4)5/h10-11H,6-9H2,1-5H3,(H,16,20)(H,17,21)(H,18,19)/t10?,11-/m0/s1. The second-order valence-corrected chi connectivity index (χ2v) is 6.23. The quantitative estimate of drug-likeness (QED) is 0.588. The molecule has 0 aliphatic rings. The number of hydrogen-bond donors (Lipinski definition) is 3. The van der Waals surface area contributed by atoms with Gasteiger partial charge in [0.15, 0.2) is 0 Å². The fraction of sp³-hybridized carbons (Fsp3) is 0.800. The number of alkyl carbamates (subject to hydrolysis) is 2. The lowest BCUT2D eigenvalue weighted by Gasteiger charge is -2.22. The summed E-state index contributed by atoms with van der Waals surface area (Å²) in [6, 6.07) is -1.07. The van der Waals surface area contributed by atoms with Crippen molar-refractivity contribution in [1.29, 1.82) is 0 Å². The van der Waals surface area contributed by atoms with Gasteiger partial charge in [-0.15, -0.1) is 0 Å². The van der Waals surface area contributed by atoms with E-state index in [2.05, 4.69) is 10.6 Å². The molecule has 134 valence electrons. The average Bonchev–Trinajstić information content (AvgIpc) is 2.39. The fourth-order valence-electron chi connectivity index (χ4n) is 1.51. The molecule has 0 heterocycles. The third-order valence-corrected chi connectivity index (χ3v) is 2.81. The first-order chi connectivity index (χ1) is 10.5. The van der Waals surface area contributed by atoms with Gasteiger partial charge in [-0.3, -0.25) is 0 Å². The average molecular weight is 332 g/mol. The van der Waals surface area contributed by atoms with E-state index in [4.69, 9.17) is 14.6 Å². The van der Waals surface area contributed by atoms with E-state index in [1.165, 1.54) is 0 Å². The van der Waals surface area contributed by atoms with Crippen LogP contribution in [0.4, 0.5) is 9.59 Å². The number of rotatable bonds is 8. The summed E-state index contributed by atoms with van der Waals surface area (Å²) in [7, 11) is 0. The molecule has 0 radical (unpaired) electrons. The van der Waals surface area contributed by atoms with Crippen molar-refractivity contribution in [3.8, 4) is 0 Å². The number of carboxylic acids is 1. The Morgan fingerprint density at radius 1 is 1.17 bits per heavy atom. The molecule has 0 aliphatic heterocycles. The molecule has 0 aromatic rings. The van der Waals surface area contributed by atoms with Crippen LogP contribution in [0.5, 0.6) is 0 Å². The highest BCUT2D eigenvalue weighted by molar-refractivity contribution is 5.79. The lowest BCUT2D eigenvalue weighted by Crippen LogP contribution is -2.43. The van der Waals surface area contributed by atoms with Crippen LogP contribution >= 0.6 is 0 Å². The van der Waals surface area contributed by atoms with Crippen LogP contribution in [0, 0.1) is 0 Å². The highest BCUT2D eigenvalue weighted by Crippen LogP contribution is 2.07. The summed E-state index contributed by atoms with van der Waals surface area (Å²) in [5.41, 5.74) is -0.700. The van der Waals surface area contributed by atoms with Crippen molar-refractivity contribution in [3.63, 3.8) is 0 Å². The maximum absolute atomic E-state index is 11.6. The summed E-state index contributed by atoms with van der Waals surface area (Å²) >= 11 is 0. The Kier molecular flexibility index (Phi) is 9.05. The van der Waals surface area contributed by atoms with E-state index in [1.807, 2.05) is 6.92 Å². The molecule has 0 bridgehead atoms. The van der Waals surface area contributed by atoms with Crippen LogP contribution in [-0.4, -0.2) is 47.6 Å². The molecule has 23 heavy (non-hydrogen) atoms. The van der Waals surface area contributed by atoms with Gasteiger partial charge in [0, 0.05) is 6.54 Å². The van der Waals surface area contributed by atoms with Crippen molar-refractivity contribution in [3.05, 3.63) is 0 Å². The molecule has 2 amide bonds. The molecular formula is C15H28N2O6. The van der Waals surface area contributed by atoms with Gasteiger partial charge < -0.3 is 25.2 Å². The second kappa shape index (κ2) is 9.91. The zero-order valence-electron chi connectivity index (χ0n) is 14.5. The van der Waals surface area contributed by atoms with E-state index in [9.17, 15) is 14.4 Å². The molecular weight excluding hydrogens is 304 g/mol. The molecule has 0 saturated carbocycles. The zero-order chi connectivity index (χ0) is 18.0. The minimum atomic E-state index is -1.15. The Balaban J connectivity index is 4.13. The van der Waals surface area contributed by atoms with Crippen molar-refractivity contribution < 1.29 is 29.0 Å². The third-order valence-electron chi connectivity index (χ3n) is 2.81. The van der Waals surface area contributed by atoms with Gasteiger partial charge in [0.05, 0.1) is 0 Å². The Labute approximate surface area is 136 Å². The fourth-order valence-corrected chi connectivity index (χ4v) is 1.51. The molecule has 0 spiro atoms. The van der Waals surface area contributed by atoms with Crippen LogP contribution in [0.25, 0.3) is 0 Å². The molecule has 8 nitrogen and oxygen atoms in total. The summed E-state index contributed by atoms with van der Waals surface area (Å²) in [5, 5.41) is 13.9. The summed E-state index contributed by atoms with van der Waals surface area (Å²) in [6.45, 7) is 9.01. The number of amides is 2. The number of ether oxygens (including phenoxy) is 2. The minimum absolute atomic E-state index is 0.165. The van der Waals surface area contributed by atoms with Crippen molar-refractivity contribution in [1.82, 2.24) is 10.6 Å². The maximum Gasteiger partial charge on any atom is 0.408 e. The summed E-state index contributed by atoms with van der Waals surface area (Å²) in [4.78, 5) is 34.1. The van der Waals surface area contributed by atoms with Crippen molar-refractivity contribution in [2.24, 2.45) is 0 Å². The monoisotopic (exact) mass is 332 g/mol. The molecule has 0 aromatic carbocycles. The molecule has 0 fully saturated rings. The lowest BCUT2D eigenvalue weighted by molar-refractivity contribution is -0.139. The first-order valence-electron chi connectivity index (χ1n) is 7.72. The molecule has 1 unspecified atom stereocenters. The van der Waals surface area contributed by atoms with Crippen molar-refractivity contribution in [2.45, 2.75) is 71.6 Å². The molecule has 0 saturated heterocycles. The van der Waals surface area contributed by atoms with Gasteiger partial charge in [0.25, 0.3) is 0 Å². The van der Waals surface area contributed by atoms with Crippen LogP contribution in [0.2, 0.25) is 0 Å². The Hall–Kier alpha value is -1.99. The molecule has 0 aromatic heterocycles. The normalized spacial score (nSPS) is 13.6. The smallest absolute Gasteiger partial charge is 0.408 e. The van der Waals surface area contributed by atoms with Crippen LogP contribution in [0.3, 0.4) is 0 Å². The highest BCUT2D eigenvalue weighted by atomic mass is 16.6.